The number of esters is 1. The number of carbonyl (C=O) groups is 2. The summed E-state index contributed by atoms with van der Waals surface area (Å²) in [6.07, 6.45) is 14.6. The lowest BCUT2D eigenvalue weighted by molar-refractivity contribution is -0.216. The Hall–Kier alpha value is -1.42. The number of hydrogen-bond donors (Lipinski definition) is 0. The van der Waals surface area contributed by atoms with Crippen molar-refractivity contribution in [2.24, 2.45) is 56.2 Å². The van der Waals surface area contributed by atoms with Crippen LogP contribution in [0.25, 0.3) is 0 Å². The highest BCUT2D eigenvalue weighted by atomic mass is 16.5. The van der Waals surface area contributed by atoms with E-state index in [0.29, 0.717) is 17.8 Å². The van der Waals surface area contributed by atoms with E-state index in [-0.39, 0.29) is 51.7 Å². The van der Waals surface area contributed by atoms with E-state index in [1.54, 1.807) is 13.2 Å². The summed E-state index contributed by atoms with van der Waals surface area (Å²) in [5, 5.41) is 0. The summed E-state index contributed by atoms with van der Waals surface area (Å²) in [4.78, 5) is 26.6. The molecule has 218 valence electrons. The normalized spacial score (nSPS) is 50.3. The van der Waals surface area contributed by atoms with E-state index in [0.717, 1.165) is 51.4 Å². The lowest BCUT2D eigenvalue weighted by atomic mass is 9.33. The maximum absolute atomic E-state index is 14.0. The molecule has 4 saturated carbocycles. The number of allylic oxidation sites excluding steroid dienone is 2. The Bertz CT molecular complexity index is 1060. The van der Waals surface area contributed by atoms with Crippen molar-refractivity contribution in [2.45, 2.75) is 112 Å². The summed E-state index contributed by atoms with van der Waals surface area (Å²) in [6.45, 7) is 20.9. The molecular formula is C35H54O4. The SMILES string of the molecule is C=CCOC(=O)[C@]12CCC(C)(C)CC1C1=CCC3C4(C)CC[C@H](C)[C@](C)(C=O)[C@@H]4CC[C@]3(C)[C@]1(C)CC2OC. The zero-order chi connectivity index (χ0) is 28.6. The Morgan fingerprint density at radius 2 is 1.74 bits per heavy atom. The van der Waals surface area contributed by atoms with Gasteiger partial charge in [0, 0.05) is 12.5 Å². The van der Waals surface area contributed by atoms with Crippen LogP contribution in [-0.4, -0.2) is 32.1 Å². The van der Waals surface area contributed by atoms with Gasteiger partial charge in [0.05, 0.1) is 6.10 Å². The highest BCUT2D eigenvalue weighted by molar-refractivity contribution is 5.80. The summed E-state index contributed by atoms with van der Waals surface area (Å²) >= 11 is 0. The molecule has 0 aromatic carbocycles. The number of hydrogen-bond acceptors (Lipinski definition) is 4. The van der Waals surface area contributed by atoms with Gasteiger partial charge in [-0.05, 0) is 103 Å². The van der Waals surface area contributed by atoms with E-state index >= 15 is 0 Å². The molecule has 4 nitrogen and oxygen atoms in total. The molecule has 0 aromatic rings. The first-order chi connectivity index (χ1) is 18.2. The third-order valence-electron chi connectivity index (χ3n) is 14.1. The minimum atomic E-state index is -0.640. The fourth-order valence-corrected chi connectivity index (χ4v) is 11.4. The van der Waals surface area contributed by atoms with Crippen LogP contribution in [0.2, 0.25) is 0 Å². The van der Waals surface area contributed by atoms with E-state index in [1.165, 1.54) is 18.3 Å². The Morgan fingerprint density at radius 3 is 2.38 bits per heavy atom. The van der Waals surface area contributed by atoms with Crippen LogP contribution in [-0.2, 0) is 19.1 Å². The topological polar surface area (TPSA) is 52.6 Å². The molecule has 5 aliphatic carbocycles. The Kier molecular flexibility index (Phi) is 6.93. The second-order valence-electron chi connectivity index (χ2n) is 16.0. The Morgan fingerprint density at radius 1 is 1.03 bits per heavy atom. The van der Waals surface area contributed by atoms with Crippen LogP contribution in [0.5, 0.6) is 0 Å². The molecule has 0 saturated heterocycles. The van der Waals surface area contributed by atoms with Gasteiger partial charge in [0.2, 0.25) is 0 Å². The summed E-state index contributed by atoms with van der Waals surface area (Å²) in [6, 6.07) is 0. The van der Waals surface area contributed by atoms with Crippen molar-refractivity contribution < 1.29 is 19.1 Å². The van der Waals surface area contributed by atoms with Crippen molar-refractivity contribution in [1.82, 2.24) is 0 Å². The van der Waals surface area contributed by atoms with Gasteiger partial charge in [0.15, 0.2) is 0 Å². The first kappa shape index (κ1) is 29.1. The average Bonchev–Trinajstić information content (AvgIpc) is 2.89. The molecule has 0 spiro atoms. The van der Waals surface area contributed by atoms with Gasteiger partial charge in [0.25, 0.3) is 0 Å². The van der Waals surface area contributed by atoms with E-state index in [9.17, 15) is 9.59 Å². The first-order valence-corrected chi connectivity index (χ1v) is 15.7. The molecule has 4 unspecified atom stereocenters. The maximum Gasteiger partial charge on any atom is 0.315 e. The Labute approximate surface area is 237 Å². The number of rotatable bonds is 5. The summed E-state index contributed by atoms with van der Waals surface area (Å²) in [7, 11) is 1.81. The van der Waals surface area contributed by atoms with E-state index in [2.05, 4.69) is 61.1 Å². The zero-order valence-electron chi connectivity index (χ0n) is 26.0. The highest BCUT2D eigenvalue weighted by Crippen LogP contribution is 2.76. The Balaban J connectivity index is 1.63. The van der Waals surface area contributed by atoms with Crippen molar-refractivity contribution in [3.05, 3.63) is 24.3 Å². The van der Waals surface area contributed by atoms with Crippen LogP contribution in [0.15, 0.2) is 24.3 Å². The quantitative estimate of drug-likeness (QED) is 0.202. The van der Waals surface area contributed by atoms with Gasteiger partial charge in [-0.25, -0.2) is 0 Å². The summed E-state index contributed by atoms with van der Waals surface area (Å²) in [5.74, 6) is 1.40. The molecule has 0 amide bonds. The second-order valence-corrected chi connectivity index (χ2v) is 16.0. The van der Waals surface area contributed by atoms with Gasteiger partial charge < -0.3 is 14.3 Å². The molecule has 39 heavy (non-hydrogen) atoms. The molecule has 0 N–H and O–H groups in total. The largest absolute Gasteiger partial charge is 0.461 e. The predicted octanol–water partition coefficient (Wildman–Crippen LogP) is 7.96. The second kappa shape index (κ2) is 9.30. The maximum atomic E-state index is 14.0. The lowest BCUT2D eigenvalue weighted by Gasteiger charge is -2.71. The van der Waals surface area contributed by atoms with Crippen molar-refractivity contribution in [3.63, 3.8) is 0 Å². The smallest absolute Gasteiger partial charge is 0.315 e. The monoisotopic (exact) mass is 538 g/mol. The fourth-order valence-electron chi connectivity index (χ4n) is 11.4. The van der Waals surface area contributed by atoms with Gasteiger partial charge in [-0.2, -0.15) is 0 Å². The van der Waals surface area contributed by atoms with E-state index in [1.807, 2.05) is 0 Å². The van der Waals surface area contributed by atoms with Gasteiger partial charge in [-0.3, -0.25) is 4.79 Å². The molecule has 4 fully saturated rings. The first-order valence-electron chi connectivity index (χ1n) is 15.7. The lowest BCUT2D eigenvalue weighted by Crippen LogP contribution is -2.67. The van der Waals surface area contributed by atoms with Gasteiger partial charge in [-0.1, -0.05) is 72.8 Å². The van der Waals surface area contributed by atoms with E-state index in [4.69, 9.17) is 9.47 Å². The molecule has 0 aliphatic heterocycles. The van der Waals surface area contributed by atoms with Gasteiger partial charge in [-0.15, -0.1) is 0 Å². The van der Waals surface area contributed by atoms with Crippen LogP contribution in [0.1, 0.15) is 106 Å². The number of carbonyl (C=O) groups excluding carboxylic acids is 2. The van der Waals surface area contributed by atoms with Crippen LogP contribution < -0.4 is 0 Å². The number of methoxy groups -OCH3 is 1. The number of ether oxygens (including phenoxy) is 2. The molecule has 0 radical (unpaired) electrons. The minimum Gasteiger partial charge on any atom is -0.461 e. The van der Waals surface area contributed by atoms with Crippen molar-refractivity contribution >= 4 is 12.3 Å². The third kappa shape index (κ3) is 3.71. The van der Waals surface area contributed by atoms with Crippen LogP contribution in [0.4, 0.5) is 0 Å². The van der Waals surface area contributed by atoms with Gasteiger partial charge >= 0.3 is 5.97 Å². The molecule has 10 atom stereocenters. The predicted molar refractivity (Wildman–Crippen MR) is 156 cm³/mol. The van der Waals surface area contributed by atoms with Crippen molar-refractivity contribution in [3.8, 4) is 0 Å². The third-order valence-corrected chi connectivity index (χ3v) is 14.1. The van der Waals surface area contributed by atoms with Gasteiger partial charge in [0.1, 0.15) is 18.3 Å². The highest BCUT2D eigenvalue weighted by Gasteiger charge is 2.71. The average molecular weight is 539 g/mol. The molecule has 4 heteroatoms. The standard InChI is InChI=1S/C35H54O4/c1-10-19-39-29(37)35-18-17-30(3,4)20-25(35)24-11-12-27-31(5)15-13-23(2)32(6,22-36)26(31)14-16-33(27,7)34(24,8)21-28(35)38-9/h10-11,22-23,25-28H,1,12-21H2,2-9H3/t23-,25?,26+,27?,28?,31?,32-,33-,34+,35+/m0/s1. The molecule has 5 aliphatic rings. The zero-order valence-corrected chi connectivity index (χ0v) is 26.0. The van der Waals surface area contributed by atoms with Crippen molar-refractivity contribution in [1.29, 1.82) is 0 Å². The van der Waals surface area contributed by atoms with Crippen LogP contribution >= 0.6 is 0 Å². The number of fused-ring (bicyclic) bond motifs is 7. The van der Waals surface area contributed by atoms with E-state index < -0.39 is 5.41 Å². The molecule has 0 bridgehead atoms. The molecule has 5 rings (SSSR count). The molecule has 0 heterocycles. The van der Waals surface area contributed by atoms with Crippen LogP contribution in [0.3, 0.4) is 0 Å². The summed E-state index contributed by atoms with van der Waals surface area (Å²) in [5.41, 5.74) is 0.927. The van der Waals surface area contributed by atoms with Crippen LogP contribution in [0, 0.1) is 56.2 Å². The molecular weight excluding hydrogens is 484 g/mol. The number of aldehydes is 1. The fraction of sp³-hybridized carbons (Fsp3) is 0.829. The molecule has 0 aromatic heterocycles. The summed E-state index contributed by atoms with van der Waals surface area (Å²) < 4.78 is 12.2. The van der Waals surface area contributed by atoms with Crippen molar-refractivity contribution in [2.75, 3.05) is 13.7 Å². The minimum absolute atomic E-state index is 0.0640.